The summed E-state index contributed by atoms with van der Waals surface area (Å²) < 4.78 is 1.12. The van der Waals surface area contributed by atoms with Crippen LogP contribution in [-0.2, 0) is 0 Å². The molecule has 1 rings (SSSR count). The molecule has 86 valence electrons. The van der Waals surface area contributed by atoms with E-state index in [4.69, 9.17) is 0 Å². The highest BCUT2D eigenvalue weighted by atomic mass is 16.2. The van der Waals surface area contributed by atoms with E-state index in [1.165, 1.54) is 11.9 Å². The predicted octanol–water partition coefficient (Wildman–Crippen LogP) is 2.01. The van der Waals surface area contributed by atoms with E-state index in [1.54, 1.807) is 6.08 Å². The summed E-state index contributed by atoms with van der Waals surface area (Å²) in [5, 5.41) is 10.3. The van der Waals surface area contributed by atoms with Gasteiger partial charge in [-0.3, -0.25) is 4.79 Å². The highest BCUT2D eigenvalue weighted by molar-refractivity contribution is 5.89. The maximum atomic E-state index is 11.5. The zero-order valence-electron chi connectivity index (χ0n) is 9.84. The highest BCUT2D eigenvalue weighted by Gasteiger charge is 2.02. The van der Waals surface area contributed by atoms with Gasteiger partial charge in [-0.1, -0.05) is 17.2 Å². The molecule has 0 saturated heterocycles. The molecule has 5 nitrogen and oxygen atoms in total. The van der Waals surface area contributed by atoms with Gasteiger partial charge in [0.1, 0.15) is 6.33 Å². The summed E-state index contributed by atoms with van der Waals surface area (Å²) in [4.78, 5) is 11.5. The Kier molecular flexibility index (Phi) is 4.57. The molecule has 16 heavy (non-hydrogen) atoms. The van der Waals surface area contributed by atoms with Crippen LogP contribution in [0.15, 0.2) is 29.6 Å². The number of hydrogen-bond donors (Lipinski definition) is 0. The molecule has 0 amide bonds. The van der Waals surface area contributed by atoms with Gasteiger partial charge in [0.2, 0.25) is 0 Å². The van der Waals surface area contributed by atoms with Crippen molar-refractivity contribution in [2.45, 2.75) is 33.6 Å². The molecule has 0 bridgehead atoms. The maximum absolute atomic E-state index is 11.5. The van der Waals surface area contributed by atoms with E-state index in [1.807, 2.05) is 6.92 Å². The van der Waals surface area contributed by atoms with Crippen molar-refractivity contribution in [2.24, 2.45) is 0 Å². The van der Waals surface area contributed by atoms with Crippen LogP contribution in [0.2, 0.25) is 0 Å². The molecule has 0 fully saturated rings. The summed E-state index contributed by atoms with van der Waals surface area (Å²) in [7, 11) is 0. The summed E-state index contributed by atoms with van der Waals surface area (Å²) >= 11 is 0. The minimum atomic E-state index is -0.209. The van der Waals surface area contributed by atoms with Crippen LogP contribution in [0.25, 0.3) is 0 Å². The van der Waals surface area contributed by atoms with Crippen LogP contribution in [0, 0.1) is 0 Å². The lowest BCUT2D eigenvalue weighted by atomic mass is 10.1. The van der Waals surface area contributed by atoms with Gasteiger partial charge in [-0.05, 0) is 44.0 Å². The van der Waals surface area contributed by atoms with Crippen LogP contribution in [0.4, 0.5) is 0 Å². The van der Waals surface area contributed by atoms with Gasteiger partial charge in [-0.25, -0.2) is 0 Å². The molecular formula is C11H16N4O. The van der Waals surface area contributed by atoms with Crippen molar-refractivity contribution in [1.29, 1.82) is 0 Å². The van der Waals surface area contributed by atoms with Crippen molar-refractivity contribution in [2.75, 3.05) is 0 Å². The number of allylic oxidation sites excluding steroid dienone is 4. The molecular weight excluding hydrogens is 204 g/mol. The molecule has 0 spiro atoms. The van der Waals surface area contributed by atoms with Crippen molar-refractivity contribution in [3.63, 3.8) is 0 Å². The van der Waals surface area contributed by atoms with Gasteiger partial charge in [0.05, 0.1) is 0 Å². The SMILES string of the molecule is CC(C)=CCCC(C)=CC(=O)n1cnnn1. The smallest absolute Gasteiger partial charge is 0.267 e. The van der Waals surface area contributed by atoms with Crippen LogP contribution in [0.3, 0.4) is 0 Å². The normalized spacial score (nSPS) is 11.3. The summed E-state index contributed by atoms with van der Waals surface area (Å²) in [5.74, 6) is -0.209. The molecule has 0 radical (unpaired) electrons. The number of carbonyl (C=O) groups is 1. The van der Waals surface area contributed by atoms with E-state index in [0.29, 0.717) is 0 Å². The zero-order chi connectivity index (χ0) is 12.0. The van der Waals surface area contributed by atoms with E-state index in [0.717, 1.165) is 23.1 Å². The van der Waals surface area contributed by atoms with Gasteiger partial charge < -0.3 is 0 Å². The number of rotatable bonds is 4. The third kappa shape index (κ3) is 4.16. The molecule has 1 aromatic heterocycles. The summed E-state index contributed by atoms with van der Waals surface area (Å²) in [6.45, 7) is 6.05. The van der Waals surface area contributed by atoms with Crippen molar-refractivity contribution in [1.82, 2.24) is 20.2 Å². The van der Waals surface area contributed by atoms with Crippen LogP contribution >= 0.6 is 0 Å². The fourth-order valence-electron chi connectivity index (χ4n) is 1.20. The first-order chi connectivity index (χ1) is 7.59. The Bertz CT molecular complexity index is 400. The molecule has 5 heteroatoms. The summed E-state index contributed by atoms with van der Waals surface area (Å²) in [5.41, 5.74) is 2.32. The van der Waals surface area contributed by atoms with Crippen LogP contribution < -0.4 is 0 Å². The second kappa shape index (κ2) is 5.95. The Balaban J connectivity index is 2.50. The standard InChI is InChI=1S/C11H16N4O/c1-9(2)5-4-6-10(3)7-11(16)15-8-12-13-14-15/h5,7-8H,4,6H2,1-3H3. The molecule has 0 N–H and O–H groups in total. The molecule has 0 aromatic carbocycles. The Labute approximate surface area is 94.8 Å². The third-order valence-electron chi connectivity index (χ3n) is 2.04. The molecule has 1 aromatic rings. The largest absolute Gasteiger partial charge is 0.273 e. The van der Waals surface area contributed by atoms with Crippen molar-refractivity contribution in [3.8, 4) is 0 Å². The average Bonchev–Trinajstić information content (AvgIpc) is 2.69. The van der Waals surface area contributed by atoms with Gasteiger partial charge in [0.25, 0.3) is 5.91 Å². The van der Waals surface area contributed by atoms with Gasteiger partial charge >= 0.3 is 0 Å². The number of hydrogen-bond acceptors (Lipinski definition) is 4. The average molecular weight is 220 g/mol. The lowest BCUT2D eigenvalue weighted by Gasteiger charge is -1.98. The second-order valence-electron chi connectivity index (χ2n) is 3.90. The topological polar surface area (TPSA) is 60.7 Å². The molecule has 0 atom stereocenters. The predicted molar refractivity (Wildman–Crippen MR) is 60.9 cm³/mol. The molecule has 0 aliphatic carbocycles. The van der Waals surface area contributed by atoms with Gasteiger partial charge in [-0.2, -0.15) is 4.68 Å². The minimum Gasteiger partial charge on any atom is -0.267 e. The van der Waals surface area contributed by atoms with Crippen molar-refractivity contribution in [3.05, 3.63) is 29.6 Å². The molecule has 0 aliphatic rings. The lowest BCUT2D eigenvalue weighted by molar-refractivity contribution is 0.0951. The molecule has 0 aliphatic heterocycles. The van der Waals surface area contributed by atoms with Crippen LogP contribution in [0.1, 0.15) is 38.4 Å². The molecule has 0 unspecified atom stereocenters. The first-order valence-electron chi connectivity index (χ1n) is 5.17. The van der Waals surface area contributed by atoms with Gasteiger partial charge in [0.15, 0.2) is 0 Å². The lowest BCUT2D eigenvalue weighted by Crippen LogP contribution is -2.08. The van der Waals surface area contributed by atoms with Crippen LogP contribution in [0.5, 0.6) is 0 Å². The van der Waals surface area contributed by atoms with Gasteiger partial charge in [0, 0.05) is 6.08 Å². The summed E-state index contributed by atoms with van der Waals surface area (Å²) in [6, 6.07) is 0. The number of nitrogens with zero attached hydrogens (tertiary/aromatic N) is 4. The summed E-state index contributed by atoms with van der Waals surface area (Å²) in [6.07, 6.45) is 6.84. The Hall–Kier alpha value is -1.78. The fraction of sp³-hybridized carbons (Fsp3) is 0.455. The third-order valence-corrected chi connectivity index (χ3v) is 2.04. The number of tetrazole rings is 1. The van der Waals surface area contributed by atoms with E-state index in [9.17, 15) is 4.79 Å². The number of aromatic nitrogens is 4. The molecule has 1 heterocycles. The Morgan fingerprint density at radius 3 is 2.69 bits per heavy atom. The number of carbonyl (C=O) groups excluding carboxylic acids is 1. The van der Waals surface area contributed by atoms with Crippen molar-refractivity contribution < 1.29 is 4.79 Å². The quantitative estimate of drug-likeness (QED) is 0.442. The van der Waals surface area contributed by atoms with E-state index in [-0.39, 0.29) is 5.91 Å². The fourth-order valence-corrected chi connectivity index (χ4v) is 1.20. The molecule has 0 saturated carbocycles. The first kappa shape index (κ1) is 12.3. The first-order valence-corrected chi connectivity index (χ1v) is 5.17. The Morgan fingerprint density at radius 2 is 2.12 bits per heavy atom. The highest BCUT2D eigenvalue weighted by Crippen LogP contribution is 2.06. The van der Waals surface area contributed by atoms with E-state index < -0.39 is 0 Å². The van der Waals surface area contributed by atoms with E-state index >= 15 is 0 Å². The van der Waals surface area contributed by atoms with Crippen LogP contribution in [-0.4, -0.2) is 26.1 Å². The maximum Gasteiger partial charge on any atom is 0.273 e. The zero-order valence-corrected chi connectivity index (χ0v) is 9.84. The van der Waals surface area contributed by atoms with E-state index in [2.05, 4.69) is 35.4 Å². The monoisotopic (exact) mass is 220 g/mol. The van der Waals surface area contributed by atoms with Crippen molar-refractivity contribution >= 4 is 5.91 Å². The second-order valence-corrected chi connectivity index (χ2v) is 3.90. The minimum absolute atomic E-state index is 0.209. The van der Waals surface area contributed by atoms with Gasteiger partial charge in [-0.15, -0.1) is 5.10 Å². The Morgan fingerprint density at radius 1 is 1.38 bits per heavy atom.